The second-order valence-corrected chi connectivity index (χ2v) is 7.85. The number of methoxy groups -OCH3 is 2. The van der Waals surface area contributed by atoms with Gasteiger partial charge in [-0.3, -0.25) is 9.59 Å². The lowest BCUT2D eigenvalue weighted by molar-refractivity contribution is 0.340. The molecule has 0 atom stereocenters. The number of benzene rings is 2. The number of hydrogen-bond acceptors (Lipinski definition) is 8. The number of thiazole rings is 1. The summed E-state index contributed by atoms with van der Waals surface area (Å²) in [6.07, 6.45) is 1.96. The highest BCUT2D eigenvalue weighted by Gasteiger charge is 2.13. The second kappa shape index (κ2) is 9.19. The van der Waals surface area contributed by atoms with Crippen molar-refractivity contribution < 1.29 is 14.2 Å². The van der Waals surface area contributed by atoms with E-state index in [9.17, 15) is 9.59 Å². The van der Waals surface area contributed by atoms with E-state index < -0.39 is 5.56 Å². The predicted molar refractivity (Wildman–Crippen MR) is 122 cm³/mol. The number of hydrogen-bond donors (Lipinski definition) is 0. The highest BCUT2D eigenvalue weighted by molar-refractivity contribution is 7.15. The molecule has 2 heterocycles. The molecule has 0 saturated heterocycles. The molecule has 9 heteroatoms. The maximum atomic E-state index is 12.9. The molecule has 164 valence electrons. The summed E-state index contributed by atoms with van der Waals surface area (Å²) in [5, 5.41) is 4.30. The minimum atomic E-state index is -0.464. The van der Waals surface area contributed by atoms with Gasteiger partial charge in [-0.1, -0.05) is 29.5 Å². The van der Waals surface area contributed by atoms with Gasteiger partial charge in [-0.2, -0.15) is 14.6 Å². The lowest BCUT2D eigenvalue weighted by Crippen LogP contribution is -2.28. The third-order valence-corrected chi connectivity index (χ3v) is 5.72. The molecule has 4 rings (SSSR count). The Kier molecular flexibility index (Phi) is 6.18. The Balaban J connectivity index is 1.70. The summed E-state index contributed by atoms with van der Waals surface area (Å²) in [6, 6.07) is 12.7. The molecule has 0 fully saturated rings. The minimum Gasteiger partial charge on any atom is -0.494 e. The zero-order chi connectivity index (χ0) is 22.7. The number of rotatable bonds is 7. The van der Waals surface area contributed by atoms with Crippen LogP contribution < -0.4 is 29.9 Å². The van der Waals surface area contributed by atoms with Crippen molar-refractivity contribution >= 4 is 22.4 Å². The molecule has 0 aliphatic carbocycles. The molecule has 2 aromatic carbocycles. The standard InChI is InChI=1S/C23H21N3O5S/c1-4-31-16-8-5-14(6-9-16)13-20-22(28)26-23(32-20)24-21(27)17(25-26)11-15-7-10-18(29-2)19(12-15)30-3/h5-10,12-13H,4,11H2,1-3H3. The van der Waals surface area contributed by atoms with Gasteiger partial charge in [0.2, 0.25) is 4.96 Å². The molecular formula is C23H21N3O5S. The average molecular weight is 452 g/mol. The first-order valence-corrected chi connectivity index (χ1v) is 10.7. The van der Waals surface area contributed by atoms with E-state index in [-0.39, 0.29) is 22.6 Å². The van der Waals surface area contributed by atoms with Gasteiger partial charge in [0.1, 0.15) is 11.4 Å². The van der Waals surface area contributed by atoms with Crippen molar-refractivity contribution in [2.75, 3.05) is 20.8 Å². The van der Waals surface area contributed by atoms with Crippen LogP contribution in [-0.2, 0) is 6.42 Å². The van der Waals surface area contributed by atoms with Gasteiger partial charge in [0.05, 0.1) is 25.4 Å². The maximum absolute atomic E-state index is 12.9. The summed E-state index contributed by atoms with van der Waals surface area (Å²) in [4.78, 5) is 29.7. The van der Waals surface area contributed by atoms with E-state index in [1.165, 1.54) is 4.52 Å². The molecule has 8 nitrogen and oxygen atoms in total. The summed E-state index contributed by atoms with van der Waals surface area (Å²) < 4.78 is 17.6. The van der Waals surface area contributed by atoms with Crippen molar-refractivity contribution in [2.45, 2.75) is 13.3 Å². The van der Waals surface area contributed by atoms with E-state index in [1.807, 2.05) is 37.3 Å². The lowest BCUT2D eigenvalue weighted by Gasteiger charge is -2.09. The second-order valence-electron chi connectivity index (χ2n) is 6.84. The summed E-state index contributed by atoms with van der Waals surface area (Å²) >= 11 is 1.13. The van der Waals surface area contributed by atoms with Crippen molar-refractivity contribution in [2.24, 2.45) is 0 Å². The molecule has 0 N–H and O–H groups in total. The minimum absolute atomic E-state index is 0.178. The molecular weight excluding hydrogens is 430 g/mol. The van der Waals surface area contributed by atoms with E-state index in [0.717, 1.165) is 28.2 Å². The normalized spacial score (nSPS) is 11.7. The van der Waals surface area contributed by atoms with E-state index in [2.05, 4.69) is 10.1 Å². The first kappa shape index (κ1) is 21.5. The SMILES string of the molecule is CCOc1ccc(C=c2sc3nc(=O)c(Cc4ccc(OC)c(OC)c4)nn3c2=O)cc1. The van der Waals surface area contributed by atoms with Crippen LogP contribution in [0.25, 0.3) is 11.0 Å². The smallest absolute Gasteiger partial charge is 0.296 e. The fourth-order valence-electron chi connectivity index (χ4n) is 3.21. The first-order chi connectivity index (χ1) is 15.5. The van der Waals surface area contributed by atoms with Crippen LogP contribution in [0.1, 0.15) is 23.7 Å². The zero-order valence-electron chi connectivity index (χ0n) is 17.8. The third-order valence-electron chi connectivity index (χ3n) is 4.76. The predicted octanol–water partition coefficient (Wildman–Crippen LogP) is 2.07. The molecule has 4 aromatic rings. The largest absolute Gasteiger partial charge is 0.494 e. The Bertz CT molecular complexity index is 1430. The van der Waals surface area contributed by atoms with Crippen LogP contribution in [0.3, 0.4) is 0 Å². The van der Waals surface area contributed by atoms with Crippen LogP contribution in [0.15, 0.2) is 52.1 Å². The van der Waals surface area contributed by atoms with Gasteiger partial charge in [0.15, 0.2) is 11.5 Å². The summed E-state index contributed by atoms with van der Waals surface area (Å²) in [5.41, 5.74) is 1.02. The Hall–Kier alpha value is -3.72. The van der Waals surface area contributed by atoms with Crippen molar-refractivity contribution in [3.05, 3.63) is 84.5 Å². The van der Waals surface area contributed by atoms with Crippen LogP contribution in [0.4, 0.5) is 0 Å². The quantitative estimate of drug-likeness (QED) is 0.425. The van der Waals surface area contributed by atoms with Crippen LogP contribution in [0.5, 0.6) is 17.2 Å². The van der Waals surface area contributed by atoms with E-state index in [1.54, 1.807) is 32.4 Å². The third kappa shape index (κ3) is 4.33. The lowest BCUT2D eigenvalue weighted by atomic mass is 10.1. The van der Waals surface area contributed by atoms with Gasteiger partial charge < -0.3 is 14.2 Å². The van der Waals surface area contributed by atoms with E-state index in [4.69, 9.17) is 14.2 Å². The summed E-state index contributed by atoms with van der Waals surface area (Å²) in [7, 11) is 3.09. The van der Waals surface area contributed by atoms with Crippen LogP contribution in [-0.4, -0.2) is 35.4 Å². The molecule has 0 radical (unpaired) electrons. The first-order valence-electron chi connectivity index (χ1n) is 9.90. The maximum Gasteiger partial charge on any atom is 0.296 e. The van der Waals surface area contributed by atoms with Crippen molar-refractivity contribution in [1.82, 2.24) is 14.6 Å². The van der Waals surface area contributed by atoms with Gasteiger partial charge in [-0.25, -0.2) is 0 Å². The van der Waals surface area contributed by atoms with Gasteiger partial charge in [-0.05, 0) is 48.4 Å². The van der Waals surface area contributed by atoms with Crippen LogP contribution >= 0.6 is 11.3 Å². The Labute approximate surface area is 187 Å². The van der Waals surface area contributed by atoms with Gasteiger partial charge >= 0.3 is 0 Å². The summed E-state index contributed by atoms with van der Waals surface area (Å²) in [6.45, 7) is 2.50. The number of fused-ring (bicyclic) bond motifs is 1. The van der Waals surface area contributed by atoms with Gasteiger partial charge in [-0.15, -0.1) is 0 Å². The molecule has 0 amide bonds. The average Bonchev–Trinajstić information content (AvgIpc) is 3.09. The topological polar surface area (TPSA) is 92.0 Å². The van der Waals surface area contributed by atoms with Crippen LogP contribution in [0, 0.1) is 0 Å². The van der Waals surface area contributed by atoms with Gasteiger partial charge in [0.25, 0.3) is 11.1 Å². The number of nitrogens with zero attached hydrogens (tertiary/aromatic N) is 3. The fraction of sp³-hybridized carbons (Fsp3) is 0.217. The molecule has 0 saturated carbocycles. The molecule has 2 aromatic heterocycles. The van der Waals surface area contributed by atoms with Crippen LogP contribution in [0.2, 0.25) is 0 Å². The van der Waals surface area contributed by atoms with Crippen molar-refractivity contribution in [3.63, 3.8) is 0 Å². The van der Waals surface area contributed by atoms with E-state index in [0.29, 0.717) is 22.6 Å². The zero-order valence-corrected chi connectivity index (χ0v) is 18.6. The van der Waals surface area contributed by atoms with Crippen molar-refractivity contribution in [1.29, 1.82) is 0 Å². The molecule has 32 heavy (non-hydrogen) atoms. The molecule has 0 aliphatic rings. The molecule has 0 bridgehead atoms. The Morgan fingerprint density at radius 3 is 2.47 bits per heavy atom. The number of aromatic nitrogens is 3. The molecule has 0 spiro atoms. The summed E-state index contributed by atoms with van der Waals surface area (Å²) in [5.74, 6) is 1.90. The van der Waals surface area contributed by atoms with Crippen molar-refractivity contribution in [3.8, 4) is 17.2 Å². The fourth-order valence-corrected chi connectivity index (χ4v) is 4.12. The highest BCUT2D eigenvalue weighted by Crippen LogP contribution is 2.28. The van der Waals surface area contributed by atoms with Gasteiger partial charge in [0, 0.05) is 6.42 Å². The molecule has 0 aliphatic heterocycles. The van der Waals surface area contributed by atoms with E-state index >= 15 is 0 Å². The Morgan fingerprint density at radius 1 is 1.03 bits per heavy atom. The number of ether oxygens (including phenoxy) is 3. The monoisotopic (exact) mass is 451 g/mol. The highest BCUT2D eigenvalue weighted by atomic mass is 32.1. The Morgan fingerprint density at radius 2 is 1.78 bits per heavy atom. The molecule has 0 unspecified atom stereocenters.